The Labute approximate surface area is 127 Å². The van der Waals surface area contributed by atoms with Crippen LogP contribution in [0, 0.1) is 15.9 Å². The van der Waals surface area contributed by atoms with Crippen LogP contribution in [0.25, 0.3) is 0 Å². The molecule has 0 N–H and O–H groups in total. The monoisotopic (exact) mass is 353 g/mol. The normalized spacial score (nSPS) is 10.2. The van der Waals surface area contributed by atoms with Crippen molar-refractivity contribution in [3.63, 3.8) is 0 Å². The summed E-state index contributed by atoms with van der Waals surface area (Å²) in [7, 11) is 0. The van der Waals surface area contributed by atoms with Crippen LogP contribution in [0.5, 0.6) is 5.75 Å². The van der Waals surface area contributed by atoms with Gasteiger partial charge in [0.25, 0.3) is 5.69 Å². The van der Waals surface area contributed by atoms with E-state index in [0.717, 1.165) is 16.6 Å². The van der Waals surface area contributed by atoms with E-state index in [1.807, 2.05) is 0 Å². The van der Waals surface area contributed by atoms with Gasteiger partial charge in [0.15, 0.2) is 6.29 Å². The van der Waals surface area contributed by atoms with Crippen molar-refractivity contribution in [2.45, 2.75) is 6.61 Å². The highest BCUT2D eigenvalue weighted by molar-refractivity contribution is 9.10. The molecule has 21 heavy (non-hydrogen) atoms. The number of aldehydes is 1. The van der Waals surface area contributed by atoms with E-state index in [9.17, 15) is 19.3 Å². The first-order valence-electron chi connectivity index (χ1n) is 5.81. The summed E-state index contributed by atoms with van der Waals surface area (Å²) < 4.78 is 19.4. The Kier molecular flexibility index (Phi) is 4.64. The summed E-state index contributed by atoms with van der Waals surface area (Å²) in [5.74, 6) is -0.394. The summed E-state index contributed by atoms with van der Waals surface area (Å²) in [6, 6.07) is 8.06. The third-order valence-electron chi connectivity index (χ3n) is 2.65. The number of rotatable bonds is 5. The number of nitrogens with zero attached hydrogens (tertiary/aromatic N) is 1. The zero-order chi connectivity index (χ0) is 15.4. The average Bonchev–Trinajstić information content (AvgIpc) is 2.45. The minimum absolute atomic E-state index is 0.0823. The van der Waals surface area contributed by atoms with Gasteiger partial charge in [-0.25, -0.2) is 4.39 Å². The van der Waals surface area contributed by atoms with Gasteiger partial charge in [0.05, 0.1) is 16.6 Å². The second kappa shape index (κ2) is 6.45. The first-order chi connectivity index (χ1) is 9.99. The van der Waals surface area contributed by atoms with E-state index < -0.39 is 10.7 Å². The van der Waals surface area contributed by atoms with Crippen molar-refractivity contribution in [1.29, 1.82) is 0 Å². The minimum Gasteiger partial charge on any atom is -0.488 e. The molecule has 0 heterocycles. The molecule has 0 spiro atoms. The molecule has 0 saturated carbocycles. The fraction of sp³-hybridized carbons (Fsp3) is 0.0714. The van der Waals surface area contributed by atoms with E-state index in [4.69, 9.17) is 4.74 Å². The molecule has 2 aromatic carbocycles. The van der Waals surface area contributed by atoms with Crippen molar-refractivity contribution >= 4 is 27.9 Å². The van der Waals surface area contributed by atoms with E-state index in [-0.39, 0.29) is 12.3 Å². The Morgan fingerprint density at radius 3 is 2.71 bits per heavy atom. The fourth-order valence-corrected chi connectivity index (χ4v) is 2.10. The Morgan fingerprint density at radius 2 is 2.05 bits per heavy atom. The zero-order valence-electron chi connectivity index (χ0n) is 10.6. The molecule has 2 aromatic rings. The van der Waals surface area contributed by atoms with E-state index in [2.05, 4.69) is 15.9 Å². The highest BCUT2D eigenvalue weighted by Crippen LogP contribution is 2.23. The summed E-state index contributed by atoms with van der Waals surface area (Å²) >= 11 is 3.23. The Morgan fingerprint density at radius 1 is 1.29 bits per heavy atom. The molecule has 0 fully saturated rings. The molecule has 0 aliphatic carbocycles. The fourth-order valence-electron chi connectivity index (χ4n) is 1.73. The van der Waals surface area contributed by atoms with Gasteiger partial charge in [0, 0.05) is 10.5 Å². The van der Waals surface area contributed by atoms with Crippen molar-refractivity contribution in [1.82, 2.24) is 0 Å². The van der Waals surface area contributed by atoms with Crippen LogP contribution in [0.3, 0.4) is 0 Å². The van der Waals surface area contributed by atoms with E-state index in [1.165, 1.54) is 6.07 Å². The van der Waals surface area contributed by atoms with E-state index in [1.54, 1.807) is 18.2 Å². The van der Waals surface area contributed by atoms with Gasteiger partial charge in [-0.1, -0.05) is 15.9 Å². The van der Waals surface area contributed by atoms with Crippen LogP contribution in [-0.2, 0) is 6.61 Å². The van der Waals surface area contributed by atoms with Gasteiger partial charge >= 0.3 is 0 Å². The molecule has 0 aliphatic heterocycles. The SMILES string of the molecule is O=Cc1cc(Br)ccc1OCc1cc(F)cc([N+](=O)[O-])c1. The van der Waals surface area contributed by atoms with Crippen LogP contribution in [0.1, 0.15) is 15.9 Å². The van der Waals surface area contributed by atoms with Gasteiger partial charge in [-0.3, -0.25) is 14.9 Å². The van der Waals surface area contributed by atoms with Crippen LogP contribution in [0.2, 0.25) is 0 Å². The Hall–Kier alpha value is -2.28. The van der Waals surface area contributed by atoms with Crippen LogP contribution >= 0.6 is 15.9 Å². The van der Waals surface area contributed by atoms with Crippen molar-refractivity contribution in [2.24, 2.45) is 0 Å². The van der Waals surface area contributed by atoms with Crippen LogP contribution in [-0.4, -0.2) is 11.2 Å². The summed E-state index contributed by atoms with van der Waals surface area (Å²) in [6.07, 6.45) is 0.633. The van der Waals surface area contributed by atoms with Crippen LogP contribution < -0.4 is 4.74 Å². The molecule has 0 radical (unpaired) electrons. The average molecular weight is 354 g/mol. The number of carbonyl (C=O) groups excluding carboxylic acids is 1. The molecule has 0 unspecified atom stereocenters. The van der Waals surface area contributed by atoms with Crippen LogP contribution in [0.15, 0.2) is 40.9 Å². The van der Waals surface area contributed by atoms with Crippen molar-refractivity contribution < 1.29 is 18.8 Å². The molecule has 0 bridgehead atoms. The largest absolute Gasteiger partial charge is 0.488 e. The molecule has 0 atom stereocenters. The first-order valence-corrected chi connectivity index (χ1v) is 6.60. The number of nitro groups is 1. The smallest absolute Gasteiger partial charge is 0.272 e. The summed E-state index contributed by atoms with van der Waals surface area (Å²) in [5.41, 5.74) is 0.289. The maximum absolute atomic E-state index is 13.3. The van der Waals surface area contributed by atoms with Gasteiger partial charge in [-0.15, -0.1) is 0 Å². The van der Waals surface area contributed by atoms with Crippen molar-refractivity contribution in [3.05, 3.63) is 67.9 Å². The number of nitro benzene ring substituents is 1. The minimum atomic E-state index is -0.714. The highest BCUT2D eigenvalue weighted by atomic mass is 79.9. The molecule has 0 aliphatic rings. The number of halogens is 2. The number of hydrogen-bond acceptors (Lipinski definition) is 4. The summed E-state index contributed by atoms with van der Waals surface area (Å²) in [6.45, 7) is -0.0823. The third kappa shape index (κ3) is 3.85. The summed E-state index contributed by atoms with van der Waals surface area (Å²) in [5, 5.41) is 10.7. The second-order valence-corrected chi connectivity index (χ2v) is 5.08. The van der Waals surface area contributed by atoms with Gasteiger partial charge in [-0.05, 0) is 29.8 Å². The molecule has 0 saturated heterocycles. The standard InChI is InChI=1S/C14H9BrFNO4/c15-11-1-2-14(10(5-11)7-18)21-8-9-3-12(16)6-13(4-9)17(19)20/h1-7H,8H2. The number of hydrogen-bond donors (Lipinski definition) is 0. The third-order valence-corrected chi connectivity index (χ3v) is 3.14. The van der Waals surface area contributed by atoms with Crippen molar-refractivity contribution in [2.75, 3.05) is 0 Å². The number of ether oxygens (including phenoxy) is 1. The van der Waals surface area contributed by atoms with E-state index >= 15 is 0 Å². The van der Waals surface area contributed by atoms with Gasteiger partial charge in [0.2, 0.25) is 0 Å². The lowest BCUT2D eigenvalue weighted by Crippen LogP contribution is -2.00. The van der Waals surface area contributed by atoms with Gasteiger partial charge in [0.1, 0.15) is 18.2 Å². The highest BCUT2D eigenvalue weighted by Gasteiger charge is 2.11. The van der Waals surface area contributed by atoms with Gasteiger partial charge < -0.3 is 4.74 Å². The lowest BCUT2D eigenvalue weighted by atomic mass is 10.2. The molecule has 108 valence electrons. The summed E-state index contributed by atoms with van der Waals surface area (Å²) in [4.78, 5) is 20.9. The maximum Gasteiger partial charge on any atom is 0.272 e. The first kappa shape index (κ1) is 15.1. The van der Waals surface area contributed by atoms with Gasteiger partial charge in [-0.2, -0.15) is 0 Å². The molecule has 7 heteroatoms. The molecular weight excluding hydrogens is 345 g/mol. The van der Waals surface area contributed by atoms with Crippen molar-refractivity contribution in [3.8, 4) is 5.75 Å². The molecule has 0 aromatic heterocycles. The molecule has 5 nitrogen and oxygen atoms in total. The Balaban J connectivity index is 2.20. The van der Waals surface area contributed by atoms with E-state index in [0.29, 0.717) is 23.2 Å². The second-order valence-electron chi connectivity index (χ2n) is 4.16. The lowest BCUT2D eigenvalue weighted by molar-refractivity contribution is -0.385. The lowest BCUT2D eigenvalue weighted by Gasteiger charge is -2.09. The quantitative estimate of drug-likeness (QED) is 0.464. The predicted octanol–water partition coefficient (Wildman–Crippen LogP) is 3.89. The Bertz CT molecular complexity index is 705. The predicted molar refractivity (Wildman–Crippen MR) is 76.9 cm³/mol. The topological polar surface area (TPSA) is 69.4 Å². The number of non-ortho nitro benzene ring substituents is 1. The van der Waals surface area contributed by atoms with Crippen LogP contribution in [0.4, 0.5) is 10.1 Å². The number of carbonyl (C=O) groups is 1. The zero-order valence-corrected chi connectivity index (χ0v) is 12.2. The molecule has 0 amide bonds. The maximum atomic E-state index is 13.3. The number of benzene rings is 2. The molecular formula is C14H9BrFNO4. The molecule has 2 rings (SSSR count).